The molecule has 1 aromatic carbocycles. The SMILES string of the molecule is COc1ccc(C(C)N)cc1CN1CC(C)CC1C. The summed E-state index contributed by atoms with van der Waals surface area (Å²) in [5, 5.41) is 0. The number of hydrogen-bond donors (Lipinski definition) is 1. The van der Waals surface area contributed by atoms with Crippen LogP contribution in [0.5, 0.6) is 5.75 Å². The molecule has 0 bridgehead atoms. The molecule has 0 radical (unpaired) electrons. The zero-order chi connectivity index (χ0) is 14.0. The van der Waals surface area contributed by atoms with Gasteiger partial charge in [0.05, 0.1) is 7.11 Å². The minimum atomic E-state index is 0.0691. The van der Waals surface area contributed by atoms with E-state index in [1.807, 2.05) is 13.0 Å². The van der Waals surface area contributed by atoms with E-state index in [1.165, 1.54) is 24.1 Å². The Kier molecular flexibility index (Phi) is 4.48. The van der Waals surface area contributed by atoms with Crippen LogP contribution in [0.15, 0.2) is 18.2 Å². The zero-order valence-electron chi connectivity index (χ0n) is 12.5. The van der Waals surface area contributed by atoms with Crippen molar-refractivity contribution >= 4 is 0 Å². The Morgan fingerprint density at radius 2 is 2.16 bits per heavy atom. The molecule has 2 rings (SSSR count). The van der Waals surface area contributed by atoms with Gasteiger partial charge in [-0.15, -0.1) is 0 Å². The van der Waals surface area contributed by atoms with E-state index in [2.05, 4.69) is 30.9 Å². The third-order valence-electron chi connectivity index (χ3n) is 4.12. The molecule has 106 valence electrons. The first-order chi connectivity index (χ1) is 9.01. The van der Waals surface area contributed by atoms with Gasteiger partial charge in [0.15, 0.2) is 0 Å². The van der Waals surface area contributed by atoms with Crippen LogP contribution in [-0.2, 0) is 6.54 Å². The van der Waals surface area contributed by atoms with Crippen molar-refractivity contribution in [3.05, 3.63) is 29.3 Å². The van der Waals surface area contributed by atoms with Crippen LogP contribution in [0.25, 0.3) is 0 Å². The second-order valence-electron chi connectivity index (χ2n) is 5.98. The summed E-state index contributed by atoms with van der Waals surface area (Å²) in [6.07, 6.45) is 1.29. The molecule has 1 aliphatic heterocycles. The van der Waals surface area contributed by atoms with E-state index in [1.54, 1.807) is 7.11 Å². The Morgan fingerprint density at radius 1 is 1.42 bits per heavy atom. The minimum absolute atomic E-state index is 0.0691. The molecule has 3 nitrogen and oxygen atoms in total. The molecule has 1 heterocycles. The first-order valence-corrected chi connectivity index (χ1v) is 7.17. The number of likely N-dealkylation sites (tertiary alicyclic amines) is 1. The van der Waals surface area contributed by atoms with Gasteiger partial charge in [-0.1, -0.05) is 13.0 Å². The summed E-state index contributed by atoms with van der Waals surface area (Å²) in [5.74, 6) is 1.76. The normalized spacial score (nSPS) is 25.5. The van der Waals surface area contributed by atoms with Gasteiger partial charge < -0.3 is 10.5 Å². The maximum Gasteiger partial charge on any atom is 0.123 e. The highest BCUT2D eigenvalue weighted by Gasteiger charge is 2.26. The molecule has 1 saturated heterocycles. The van der Waals surface area contributed by atoms with Gasteiger partial charge in [-0.3, -0.25) is 4.90 Å². The largest absolute Gasteiger partial charge is 0.496 e. The summed E-state index contributed by atoms with van der Waals surface area (Å²) >= 11 is 0. The quantitative estimate of drug-likeness (QED) is 0.906. The van der Waals surface area contributed by atoms with Crippen molar-refractivity contribution in [1.82, 2.24) is 4.90 Å². The van der Waals surface area contributed by atoms with E-state index >= 15 is 0 Å². The third-order valence-corrected chi connectivity index (χ3v) is 4.12. The van der Waals surface area contributed by atoms with Gasteiger partial charge in [-0.2, -0.15) is 0 Å². The highest BCUT2D eigenvalue weighted by Crippen LogP contribution is 2.29. The average molecular weight is 262 g/mol. The molecular formula is C16H26N2O. The molecule has 1 aromatic rings. The van der Waals surface area contributed by atoms with Gasteiger partial charge in [0.25, 0.3) is 0 Å². The van der Waals surface area contributed by atoms with Crippen LogP contribution >= 0.6 is 0 Å². The van der Waals surface area contributed by atoms with Gasteiger partial charge >= 0.3 is 0 Å². The van der Waals surface area contributed by atoms with Crippen molar-refractivity contribution in [2.45, 2.75) is 45.8 Å². The van der Waals surface area contributed by atoms with Crippen LogP contribution in [-0.4, -0.2) is 24.6 Å². The Labute approximate surface area is 116 Å². The molecule has 0 aromatic heterocycles. The Morgan fingerprint density at radius 3 is 2.68 bits per heavy atom. The molecule has 2 N–H and O–H groups in total. The van der Waals surface area contributed by atoms with Crippen molar-refractivity contribution < 1.29 is 4.74 Å². The van der Waals surface area contributed by atoms with Crippen molar-refractivity contribution in [3.8, 4) is 5.75 Å². The average Bonchev–Trinajstić information content (AvgIpc) is 2.67. The van der Waals surface area contributed by atoms with E-state index in [4.69, 9.17) is 10.5 Å². The Balaban J connectivity index is 2.20. The molecule has 0 aliphatic carbocycles. The highest BCUT2D eigenvalue weighted by molar-refractivity contribution is 5.38. The van der Waals surface area contributed by atoms with Crippen molar-refractivity contribution in [2.24, 2.45) is 11.7 Å². The number of nitrogens with zero attached hydrogens (tertiary/aromatic N) is 1. The molecule has 1 fully saturated rings. The summed E-state index contributed by atoms with van der Waals surface area (Å²) in [5.41, 5.74) is 8.40. The number of ether oxygens (including phenoxy) is 1. The molecule has 1 aliphatic rings. The molecule has 0 saturated carbocycles. The lowest BCUT2D eigenvalue weighted by Crippen LogP contribution is -2.26. The van der Waals surface area contributed by atoms with Gasteiger partial charge in [0, 0.05) is 30.7 Å². The number of nitrogens with two attached hydrogens (primary N) is 1. The van der Waals surface area contributed by atoms with Crippen LogP contribution in [0.4, 0.5) is 0 Å². The summed E-state index contributed by atoms with van der Waals surface area (Å²) in [6, 6.07) is 7.01. The number of benzene rings is 1. The zero-order valence-corrected chi connectivity index (χ0v) is 12.5. The van der Waals surface area contributed by atoms with Crippen LogP contribution in [0.3, 0.4) is 0 Å². The summed E-state index contributed by atoms with van der Waals surface area (Å²) in [7, 11) is 1.74. The van der Waals surface area contributed by atoms with Gasteiger partial charge in [-0.25, -0.2) is 0 Å². The number of hydrogen-bond acceptors (Lipinski definition) is 3. The van der Waals surface area contributed by atoms with E-state index in [0.29, 0.717) is 6.04 Å². The molecule has 3 heteroatoms. The second-order valence-corrected chi connectivity index (χ2v) is 5.98. The maximum atomic E-state index is 5.98. The number of rotatable bonds is 4. The lowest BCUT2D eigenvalue weighted by Gasteiger charge is -2.23. The lowest BCUT2D eigenvalue weighted by molar-refractivity contribution is 0.252. The fourth-order valence-electron chi connectivity index (χ4n) is 3.03. The van der Waals surface area contributed by atoms with Crippen molar-refractivity contribution in [3.63, 3.8) is 0 Å². The first-order valence-electron chi connectivity index (χ1n) is 7.17. The second kappa shape index (κ2) is 5.93. The summed E-state index contributed by atoms with van der Waals surface area (Å²) in [4.78, 5) is 2.54. The van der Waals surface area contributed by atoms with Crippen LogP contribution < -0.4 is 10.5 Å². The van der Waals surface area contributed by atoms with Gasteiger partial charge in [0.2, 0.25) is 0 Å². The summed E-state index contributed by atoms with van der Waals surface area (Å²) < 4.78 is 5.48. The van der Waals surface area contributed by atoms with E-state index in [-0.39, 0.29) is 6.04 Å². The molecular weight excluding hydrogens is 236 g/mol. The Bertz CT molecular complexity index is 431. The highest BCUT2D eigenvalue weighted by atomic mass is 16.5. The monoisotopic (exact) mass is 262 g/mol. The van der Waals surface area contributed by atoms with E-state index < -0.39 is 0 Å². The fraction of sp³-hybridized carbons (Fsp3) is 0.625. The smallest absolute Gasteiger partial charge is 0.123 e. The molecule has 3 atom stereocenters. The van der Waals surface area contributed by atoms with Crippen LogP contribution in [0.2, 0.25) is 0 Å². The maximum absolute atomic E-state index is 5.98. The minimum Gasteiger partial charge on any atom is -0.496 e. The predicted octanol–water partition coefficient (Wildman–Crippen LogP) is 2.95. The van der Waals surface area contributed by atoms with Crippen molar-refractivity contribution in [2.75, 3.05) is 13.7 Å². The van der Waals surface area contributed by atoms with Crippen molar-refractivity contribution in [1.29, 1.82) is 0 Å². The Hall–Kier alpha value is -1.06. The predicted molar refractivity (Wildman–Crippen MR) is 79.2 cm³/mol. The molecule has 19 heavy (non-hydrogen) atoms. The van der Waals surface area contributed by atoms with Gasteiger partial charge in [0.1, 0.15) is 5.75 Å². The molecule has 0 amide bonds. The molecule has 0 spiro atoms. The standard InChI is InChI=1S/C16H26N2O/c1-11-7-12(2)18(9-11)10-15-8-14(13(3)17)5-6-16(15)19-4/h5-6,8,11-13H,7,9-10,17H2,1-4H3. The topological polar surface area (TPSA) is 38.5 Å². The molecule has 3 unspecified atom stereocenters. The summed E-state index contributed by atoms with van der Waals surface area (Å²) in [6.45, 7) is 8.78. The third kappa shape index (κ3) is 3.28. The first kappa shape index (κ1) is 14.4. The van der Waals surface area contributed by atoms with E-state index in [9.17, 15) is 0 Å². The van der Waals surface area contributed by atoms with Crippen LogP contribution in [0, 0.1) is 5.92 Å². The number of methoxy groups -OCH3 is 1. The lowest BCUT2D eigenvalue weighted by atomic mass is 10.0. The fourth-order valence-corrected chi connectivity index (χ4v) is 3.03. The van der Waals surface area contributed by atoms with E-state index in [0.717, 1.165) is 18.2 Å². The van der Waals surface area contributed by atoms with Gasteiger partial charge in [-0.05, 0) is 43.9 Å². The van der Waals surface area contributed by atoms with Crippen LogP contribution in [0.1, 0.15) is 44.4 Å².